The molecule has 0 aliphatic carbocycles. The largest absolute Gasteiger partial charge is 0.507 e. The van der Waals surface area contributed by atoms with Crippen molar-refractivity contribution >= 4 is 5.69 Å². The van der Waals surface area contributed by atoms with Crippen molar-refractivity contribution in [2.75, 3.05) is 31.2 Å². The van der Waals surface area contributed by atoms with Crippen LogP contribution < -0.4 is 4.90 Å². The number of anilines is 1. The second-order valence-electron chi connectivity index (χ2n) is 4.58. The third-order valence-corrected chi connectivity index (χ3v) is 3.34. The van der Waals surface area contributed by atoms with Crippen LogP contribution >= 0.6 is 0 Å². The lowest BCUT2D eigenvalue weighted by molar-refractivity contribution is 0.100. The molecule has 1 aromatic carbocycles. The lowest BCUT2D eigenvalue weighted by Gasteiger charge is -2.22. The van der Waals surface area contributed by atoms with E-state index < -0.39 is 6.10 Å². The van der Waals surface area contributed by atoms with Gasteiger partial charge in [0.05, 0.1) is 12.7 Å². The molecule has 4 N–H and O–H groups in total. The zero-order valence-corrected chi connectivity index (χ0v) is 10.2. The predicted octanol–water partition coefficient (Wildman–Crippen LogP) is -0.357. The monoisotopic (exact) mass is 253 g/mol. The van der Waals surface area contributed by atoms with Crippen LogP contribution in [0.3, 0.4) is 0 Å². The molecule has 0 bridgehead atoms. The molecule has 0 fully saturated rings. The van der Waals surface area contributed by atoms with Crippen LogP contribution in [0, 0.1) is 0 Å². The van der Waals surface area contributed by atoms with Crippen LogP contribution in [0.25, 0.3) is 0 Å². The van der Waals surface area contributed by atoms with Crippen molar-refractivity contribution in [3.05, 3.63) is 23.3 Å². The quantitative estimate of drug-likeness (QED) is 0.576. The third-order valence-electron chi connectivity index (χ3n) is 3.34. The molecule has 18 heavy (non-hydrogen) atoms. The van der Waals surface area contributed by atoms with E-state index in [2.05, 4.69) is 0 Å². The summed E-state index contributed by atoms with van der Waals surface area (Å²) < 4.78 is 0. The van der Waals surface area contributed by atoms with Gasteiger partial charge in [-0.1, -0.05) is 6.07 Å². The van der Waals surface area contributed by atoms with Crippen LogP contribution in [-0.2, 0) is 12.8 Å². The van der Waals surface area contributed by atoms with Crippen molar-refractivity contribution in [3.8, 4) is 5.75 Å². The molecule has 0 aromatic heterocycles. The van der Waals surface area contributed by atoms with E-state index in [-0.39, 0.29) is 19.0 Å². The van der Waals surface area contributed by atoms with Gasteiger partial charge in [0.1, 0.15) is 5.75 Å². The molecule has 0 spiro atoms. The molecular formula is C13H19NO4. The molecule has 0 radical (unpaired) electrons. The molecular weight excluding hydrogens is 234 g/mol. The zero-order valence-electron chi connectivity index (χ0n) is 10.2. The molecule has 1 unspecified atom stereocenters. The summed E-state index contributed by atoms with van der Waals surface area (Å²) in [6.07, 6.45) is 0.395. The van der Waals surface area contributed by atoms with Crippen molar-refractivity contribution in [2.45, 2.75) is 18.9 Å². The minimum atomic E-state index is -0.768. The van der Waals surface area contributed by atoms with Gasteiger partial charge in [0.2, 0.25) is 0 Å². The highest BCUT2D eigenvalue weighted by Gasteiger charge is 2.24. The first kappa shape index (κ1) is 13.1. The molecule has 2 rings (SSSR count). The van der Waals surface area contributed by atoms with Crippen LogP contribution in [-0.4, -0.2) is 52.8 Å². The molecule has 0 saturated carbocycles. The van der Waals surface area contributed by atoms with Crippen LogP contribution in [0.15, 0.2) is 12.1 Å². The Morgan fingerprint density at radius 1 is 1.28 bits per heavy atom. The van der Waals surface area contributed by atoms with E-state index in [9.17, 15) is 10.2 Å². The number of aromatic hydroxyl groups is 1. The number of phenolic OH excluding ortho intramolecular Hbond substituents is 1. The fourth-order valence-electron chi connectivity index (χ4n) is 2.41. The summed E-state index contributed by atoms with van der Waals surface area (Å²) in [6.45, 7) is 0.838. The van der Waals surface area contributed by atoms with Gasteiger partial charge in [0, 0.05) is 30.9 Å². The highest BCUT2D eigenvalue weighted by molar-refractivity contribution is 5.65. The van der Waals surface area contributed by atoms with Crippen molar-refractivity contribution < 1.29 is 20.4 Å². The van der Waals surface area contributed by atoms with E-state index in [1.54, 1.807) is 6.07 Å². The van der Waals surface area contributed by atoms with E-state index in [1.165, 1.54) is 0 Å². The molecule has 1 aliphatic heterocycles. The number of fused-ring (bicyclic) bond motifs is 1. The maximum Gasteiger partial charge on any atom is 0.124 e. The van der Waals surface area contributed by atoms with Gasteiger partial charge >= 0.3 is 0 Å². The second kappa shape index (κ2) is 5.56. The van der Waals surface area contributed by atoms with Crippen molar-refractivity contribution in [1.29, 1.82) is 0 Å². The number of benzene rings is 1. The van der Waals surface area contributed by atoms with E-state index in [0.717, 1.165) is 29.8 Å². The zero-order chi connectivity index (χ0) is 13.1. The number of aliphatic hydroxyl groups excluding tert-OH is 3. The summed E-state index contributed by atoms with van der Waals surface area (Å²) in [5, 5.41) is 37.3. The van der Waals surface area contributed by atoms with E-state index in [1.807, 2.05) is 11.0 Å². The standard InChI is InChI=1S/C13H19NO4/c15-6-4-9-1-2-12-11(13(9)18)3-5-14(12)7-10(17)8-16/h1-2,10,15-18H,3-8H2. The number of aliphatic hydroxyl groups is 3. The molecule has 1 aliphatic rings. The van der Waals surface area contributed by atoms with Gasteiger partial charge in [0.25, 0.3) is 0 Å². The smallest absolute Gasteiger partial charge is 0.124 e. The molecule has 0 amide bonds. The highest BCUT2D eigenvalue weighted by Crippen LogP contribution is 2.37. The molecule has 1 aromatic rings. The van der Waals surface area contributed by atoms with Crippen LogP contribution in [0.1, 0.15) is 11.1 Å². The van der Waals surface area contributed by atoms with E-state index in [0.29, 0.717) is 13.0 Å². The number of hydrogen-bond donors (Lipinski definition) is 4. The second-order valence-corrected chi connectivity index (χ2v) is 4.58. The van der Waals surface area contributed by atoms with Crippen molar-refractivity contribution in [1.82, 2.24) is 0 Å². The van der Waals surface area contributed by atoms with Gasteiger partial charge in [0.15, 0.2) is 0 Å². The van der Waals surface area contributed by atoms with E-state index in [4.69, 9.17) is 10.2 Å². The highest BCUT2D eigenvalue weighted by atomic mass is 16.3. The van der Waals surface area contributed by atoms with Gasteiger partial charge in [-0.25, -0.2) is 0 Å². The Labute approximate surface area is 106 Å². The Balaban J connectivity index is 2.21. The Bertz CT molecular complexity index is 422. The average Bonchev–Trinajstić information content (AvgIpc) is 2.77. The number of phenols is 1. The normalized spacial score (nSPS) is 15.8. The fourth-order valence-corrected chi connectivity index (χ4v) is 2.41. The summed E-state index contributed by atoms with van der Waals surface area (Å²) >= 11 is 0. The molecule has 1 atom stereocenters. The third kappa shape index (κ3) is 2.43. The maximum atomic E-state index is 10.1. The summed E-state index contributed by atoms with van der Waals surface area (Å²) in [6, 6.07) is 3.70. The number of nitrogens with zero attached hydrogens (tertiary/aromatic N) is 1. The summed E-state index contributed by atoms with van der Waals surface area (Å²) in [7, 11) is 0. The Morgan fingerprint density at radius 2 is 2.06 bits per heavy atom. The minimum Gasteiger partial charge on any atom is -0.507 e. The lowest BCUT2D eigenvalue weighted by atomic mass is 10.0. The molecule has 1 heterocycles. The Morgan fingerprint density at radius 3 is 2.72 bits per heavy atom. The molecule has 5 nitrogen and oxygen atoms in total. The first-order valence-electron chi connectivity index (χ1n) is 6.15. The number of rotatable bonds is 5. The van der Waals surface area contributed by atoms with Gasteiger partial charge in [-0.05, 0) is 24.5 Å². The molecule has 100 valence electrons. The van der Waals surface area contributed by atoms with E-state index >= 15 is 0 Å². The fraction of sp³-hybridized carbons (Fsp3) is 0.538. The van der Waals surface area contributed by atoms with Crippen LogP contribution in [0.5, 0.6) is 5.75 Å². The summed E-state index contributed by atoms with van der Waals surface area (Å²) in [5.74, 6) is 0.252. The topological polar surface area (TPSA) is 84.2 Å². The first-order chi connectivity index (χ1) is 8.67. The summed E-state index contributed by atoms with van der Waals surface area (Å²) in [5.41, 5.74) is 2.52. The first-order valence-corrected chi connectivity index (χ1v) is 6.15. The van der Waals surface area contributed by atoms with Gasteiger partial charge in [-0.3, -0.25) is 0 Å². The average molecular weight is 253 g/mol. The molecule has 5 heteroatoms. The SMILES string of the molecule is OCCc1ccc2c(c1O)CCN2CC(O)CO. The van der Waals surface area contributed by atoms with Crippen LogP contribution in [0.2, 0.25) is 0 Å². The maximum absolute atomic E-state index is 10.1. The van der Waals surface area contributed by atoms with Gasteiger partial charge in [-0.2, -0.15) is 0 Å². The predicted molar refractivity (Wildman–Crippen MR) is 67.9 cm³/mol. The Hall–Kier alpha value is -1.30. The number of hydrogen-bond acceptors (Lipinski definition) is 5. The minimum absolute atomic E-state index is 0.0132. The Kier molecular flexibility index (Phi) is 4.06. The van der Waals surface area contributed by atoms with Crippen LogP contribution in [0.4, 0.5) is 5.69 Å². The van der Waals surface area contributed by atoms with Gasteiger partial charge < -0.3 is 25.3 Å². The molecule has 0 saturated heterocycles. The number of β-amino-alcohol motifs (C(OH)–C–C–N with tert-alkyl or cyclic N) is 1. The van der Waals surface area contributed by atoms with Gasteiger partial charge in [-0.15, -0.1) is 0 Å². The summed E-state index contributed by atoms with van der Waals surface area (Å²) in [4.78, 5) is 1.96. The van der Waals surface area contributed by atoms with Crippen molar-refractivity contribution in [2.24, 2.45) is 0 Å². The lowest BCUT2D eigenvalue weighted by Crippen LogP contribution is -2.32. The van der Waals surface area contributed by atoms with Crippen molar-refractivity contribution in [3.63, 3.8) is 0 Å².